The minimum atomic E-state index is 0.333. The maximum atomic E-state index is 9.70. The van der Waals surface area contributed by atoms with Gasteiger partial charge in [-0.05, 0) is 65.7 Å². The quantitative estimate of drug-likeness (QED) is 0.228. The molecule has 0 radical (unpaired) electrons. The number of hydrogen-bond acceptors (Lipinski definition) is 6. The lowest BCUT2D eigenvalue weighted by Crippen LogP contribution is -2.10. The van der Waals surface area contributed by atoms with Crippen molar-refractivity contribution in [1.82, 2.24) is 0 Å². The third kappa shape index (κ3) is 4.18. The molecule has 6 aromatic rings. The average molecular weight is 528 g/mol. The van der Waals surface area contributed by atoms with Gasteiger partial charge in [0.25, 0.3) is 0 Å². The lowest BCUT2D eigenvalue weighted by molar-refractivity contribution is 1.29. The first-order chi connectivity index (χ1) is 19.6. The van der Waals surface area contributed by atoms with E-state index in [4.69, 9.17) is 0 Å². The molecule has 184 valence electrons. The third-order valence-corrected chi connectivity index (χ3v) is 7.99. The number of hydrogen-bond donors (Lipinski definition) is 0. The van der Waals surface area contributed by atoms with Gasteiger partial charge in [-0.2, -0.15) is 21.0 Å². The van der Waals surface area contributed by atoms with E-state index in [1.165, 1.54) is 10.1 Å². The SMILES string of the molecule is N#Cc1cc(C#N)cc(N(c2ccc(-c3ccc(C#N)c(C#N)c3)cc2)c2cccc3c2sc2ccccc23)c1. The Morgan fingerprint density at radius 2 is 1.20 bits per heavy atom. The molecule has 0 atom stereocenters. The number of fused-ring (bicyclic) bond motifs is 3. The molecule has 0 aliphatic carbocycles. The second-order valence-corrected chi connectivity index (χ2v) is 10.2. The Morgan fingerprint density at radius 1 is 0.525 bits per heavy atom. The molecule has 1 aromatic heterocycles. The summed E-state index contributed by atoms with van der Waals surface area (Å²) in [5, 5.41) is 40.4. The Bertz CT molecular complexity index is 2080. The maximum Gasteiger partial charge on any atom is 0.101 e. The molecule has 6 heteroatoms. The predicted molar refractivity (Wildman–Crippen MR) is 158 cm³/mol. The molecule has 5 nitrogen and oxygen atoms in total. The predicted octanol–water partition coefficient (Wildman–Crippen LogP) is 8.68. The molecule has 1 heterocycles. The number of rotatable bonds is 4. The van der Waals surface area contributed by atoms with Crippen LogP contribution in [0.2, 0.25) is 0 Å². The van der Waals surface area contributed by atoms with Gasteiger partial charge in [-0.15, -0.1) is 11.3 Å². The van der Waals surface area contributed by atoms with Gasteiger partial charge in [-0.3, -0.25) is 0 Å². The van der Waals surface area contributed by atoms with Gasteiger partial charge in [0.05, 0.1) is 44.8 Å². The highest BCUT2D eigenvalue weighted by Gasteiger charge is 2.19. The number of nitriles is 4. The zero-order chi connectivity index (χ0) is 27.6. The molecular formula is C34H17N5S. The van der Waals surface area contributed by atoms with Crippen molar-refractivity contribution in [1.29, 1.82) is 21.0 Å². The van der Waals surface area contributed by atoms with E-state index in [1.807, 2.05) is 48.5 Å². The van der Waals surface area contributed by atoms with Gasteiger partial charge in [-0.25, -0.2) is 0 Å². The van der Waals surface area contributed by atoms with Crippen LogP contribution in [0.5, 0.6) is 0 Å². The van der Waals surface area contributed by atoms with Crippen molar-refractivity contribution in [2.45, 2.75) is 0 Å². The van der Waals surface area contributed by atoms with Gasteiger partial charge >= 0.3 is 0 Å². The van der Waals surface area contributed by atoms with E-state index in [0.29, 0.717) is 27.9 Å². The van der Waals surface area contributed by atoms with Gasteiger partial charge < -0.3 is 4.90 Å². The molecule has 0 saturated heterocycles. The largest absolute Gasteiger partial charge is 0.309 e. The van der Waals surface area contributed by atoms with Gasteiger partial charge in [0.2, 0.25) is 0 Å². The van der Waals surface area contributed by atoms with E-state index >= 15 is 0 Å². The fourth-order valence-corrected chi connectivity index (χ4v) is 6.13. The smallest absolute Gasteiger partial charge is 0.101 e. The van der Waals surface area contributed by atoms with Crippen LogP contribution in [0, 0.1) is 45.3 Å². The van der Waals surface area contributed by atoms with Gasteiger partial charge in [-0.1, -0.05) is 48.5 Å². The van der Waals surface area contributed by atoms with E-state index < -0.39 is 0 Å². The van der Waals surface area contributed by atoms with Crippen LogP contribution in [0.25, 0.3) is 31.3 Å². The first-order valence-corrected chi connectivity index (χ1v) is 13.2. The Labute approximate surface area is 234 Å². The molecule has 6 rings (SSSR count). The van der Waals surface area contributed by atoms with Gasteiger partial charge in [0, 0.05) is 26.8 Å². The average Bonchev–Trinajstić information content (AvgIpc) is 3.40. The van der Waals surface area contributed by atoms with Gasteiger partial charge in [0.15, 0.2) is 0 Å². The zero-order valence-electron chi connectivity index (χ0n) is 21.0. The highest BCUT2D eigenvalue weighted by molar-refractivity contribution is 7.26. The molecule has 0 saturated carbocycles. The second kappa shape index (κ2) is 10.1. The molecule has 0 unspecified atom stereocenters. The van der Waals surface area contributed by atoms with Crippen molar-refractivity contribution in [2.75, 3.05) is 4.90 Å². The summed E-state index contributed by atoms with van der Waals surface area (Å²) < 4.78 is 2.28. The van der Waals surface area contributed by atoms with E-state index in [1.54, 1.807) is 41.7 Å². The molecule has 0 spiro atoms. The Morgan fingerprint density at radius 3 is 1.90 bits per heavy atom. The highest BCUT2D eigenvalue weighted by Crippen LogP contribution is 2.45. The van der Waals surface area contributed by atoms with Gasteiger partial charge in [0.1, 0.15) is 12.1 Å². The molecule has 0 fully saturated rings. The van der Waals surface area contributed by atoms with Crippen molar-refractivity contribution in [3.8, 4) is 35.4 Å². The lowest BCUT2D eigenvalue weighted by atomic mass is 9.99. The first-order valence-electron chi connectivity index (χ1n) is 12.3. The Hall–Kier alpha value is -5.92. The molecule has 0 aliphatic rings. The van der Waals surface area contributed by atoms with Crippen molar-refractivity contribution in [3.05, 3.63) is 125 Å². The first kappa shape index (κ1) is 24.4. The number of thiophene rings is 1. The van der Waals surface area contributed by atoms with Crippen LogP contribution in [0.15, 0.2) is 103 Å². The second-order valence-electron chi connectivity index (χ2n) is 9.11. The van der Waals surface area contributed by atoms with E-state index in [9.17, 15) is 21.0 Å². The topological polar surface area (TPSA) is 98.4 Å². The normalized spacial score (nSPS) is 10.4. The summed E-state index contributed by atoms with van der Waals surface area (Å²) in [6.07, 6.45) is 0. The lowest BCUT2D eigenvalue weighted by Gasteiger charge is -2.26. The van der Waals surface area contributed by atoms with Crippen molar-refractivity contribution in [3.63, 3.8) is 0 Å². The minimum Gasteiger partial charge on any atom is -0.309 e. The number of nitrogens with zero attached hydrogens (tertiary/aromatic N) is 5. The van der Waals surface area contributed by atoms with Crippen LogP contribution < -0.4 is 4.90 Å². The van der Waals surface area contributed by atoms with Crippen molar-refractivity contribution >= 4 is 48.6 Å². The van der Waals surface area contributed by atoms with Crippen molar-refractivity contribution < 1.29 is 0 Å². The number of anilines is 3. The Balaban J connectivity index is 1.55. The minimum absolute atomic E-state index is 0.333. The molecule has 0 bridgehead atoms. The van der Waals surface area contributed by atoms with Crippen LogP contribution in [0.3, 0.4) is 0 Å². The zero-order valence-corrected chi connectivity index (χ0v) is 21.8. The Kier molecular flexibility index (Phi) is 6.16. The standard InChI is InChI=1S/C34H17N5S/c35-18-22-14-23(19-36)16-29(15-22)39(32-6-3-5-31-30-4-1-2-7-33(30)40-34(31)32)28-12-10-24(11-13-28)25-8-9-26(20-37)27(17-25)21-38/h1-17H. The fourth-order valence-electron chi connectivity index (χ4n) is 4.92. The molecular weight excluding hydrogens is 510 g/mol. The summed E-state index contributed by atoms with van der Waals surface area (Å²) in [5.74, 6) is 0. The summed E-state index contributed by atoms with van der Waals surface area (Å²) in [5.41, 5.74) is 5.71. The fraction of sp³-hybridized carbons (Fsp3) is 0. The van der Waals surface area contributed by atoms with E-state index in [2.05, 4.69) is 53.4 Å². The highest BCUT2D eigenvalue weighted by atomic mass is 32.1. The summed E-state index contributed by atoms with van der Waals surface area (Å²) in [6.45, 7) is 0. The molecule has 40 heavy (non-hydrogen) atoms. The maximum absolute atomic E-state index is 9.70. The van der Waals surface area contributed by atoms with Crippen LogP contribution in [-0.4, -0.2) is 0 Å². The summed E-state index contributed by atoms with van der Waals surface area (Å²) >= 11 is 1.70. The third-order valence-electron chi connectivity index (χ3n) is 6.78. The number of benzene rings is 5. The van der Waals surface area contributed by atoms with E-state index in [-0.39, 0.29) is 0 Å². The summed E-state index contributed by atoms with van der Waals surface area (Å²) in [7, 11) is 0. The molecule has 0 amide bonds. The van der Waals surface area contributed by atoms with E-state index in [0.717, 1.165) is 32.6 Å². The van der Waals surface area contributed by atoms with Crippen LogP contribution >= 0.6 is 11.3 Å². The molecule has 0 N–H and O–H groups in total. The summed E-state index contributed by atoms with van der Waals surface area (Å²) in [6, 6.07) is 41.3. The van der Waals surface area contributed by atoms with Crippen molar-refractivity contribution in [2.24, 2.45) is 0 Å². The molecule has 0 aliphatic heterocycles. The van der Waals surface area contributed by atoms with Crippen LogP contribution in [0.4, 0.5) is 17.1 Å². The monoisotopic (exact) mass is 527 g/mol. The molecule has 5 aromatic carbocycles. The van der Waals surface area contributed by atoms with Crippen LogP contribution in [0.1, 0.15) is 22.3 Å². The van der Waals surface area contributed by atoms with Crippen LogP contribution in [-0.2, 0) is 0 Å². The summed E-state index contributed by atoms with van der Waals surface area (Å²) in [4.78, 5) is 2.07.